The summed E-state index contributed by atoms with van der Waals surface area (Å²) in [7, 11) is 1.80. The largest absolute Gasteiger partial charge is 0.381 e. The molecule has 0 bridgehead atoms. The molecule has 2 fully saturated rings. The predicted molar refractivity (Wildman–Crippen MR) is 104 cm³/mol. The molecule has 0 radical (unpaired) electrons. The lowest BCUT2D eigenvalue weighted by atomic mass is 9.77. The third-order valence-electron chi connectivity index (χ3n) is 6.62. The highest BCUT2D eigenvalue weighted by Gasteiger charge is 2.43. The lowest BCUT2D eigenvalue weighted by Crippen LogP contribution is -2.41. The summed E-state index contributed by atoms with van der Waals surface area (Å²) in [5.74, 6) is 0.561. The molecule has 1 aliphatic heterocycles. The van der Waals surface area contributed by atoms with E-state index in [0.717, 1.165) is 57.1 Å². The molecule has 2 aliphatic carbocycles. The number of hydrazone groups is 1. The third kappa shape index (κ3) is 4.66. The summed E-state index contributed by atoms with van der Waals surface area (Å²) in [5, 5.41) is 4.63. The van der Waals surface area contributed by atoms with Crippen LogP contribution in [0.2, 0.25) is 0 Å². The zero-order chi connectivity index (χ0) is 19.6. The minimum atomic E-state index is -3.38. The van der Waals surface area contributed by atoms with Gasteiger partial charge in [-0.25, -0.2) is 8.42 Å². The van der Waals surface area contributed by atoms with Crippen molar-refractivity contribution in [2.75, 3.05) is 27.6 Å². The van der Waals surface area contributed by atoms with Gasteiger partial charge in [0.25, 0.3) is 0 Å². The molecule has 0 spiro atoms. The van der Waals surface area contributed by atoms with Crippen molar-refractivity contribution in [3.8, 4) is 0 Å². The van der Waals surface area contributed by atoms with E-state index in [4.69, 9.17) is 14.2 Å². The number of rotatable bonds is 6. The molecular weight excluding hydrogens is 368 g/mol. The smallest absolute Gasteiger partial charge is 0.247 e. The maximum Gasteiger partial charge on any atom is 0.247 e. The van der Waals surface area contributed by atoms with E-state index >= 15 is 0 Å². The number of nitrogens with zero attached hydrogens (tertiary/aromatic N) is 2. The van der Waals surface area contributed by atoms with E-state index < -0.39 is 10.0 Å². The molecule has 3 aliphatic rings. The van der Waals surface area contributed by atoms with Gasteiger partial charge in [-0.2, -0.15) is 9.52 Å². The Hall–Kier alpha value is -0.700. The second-order valence-electron chi connectivity index (χ2n) is 8.24. The van der Waals surface area contributed by atoms with Crippen molar-refractivity contribution >= 4 is 15.7 Å². The summed E-state index contributed by atoms with van der Waals surface area (Å²) in [6.07, 6.45) is 9.17. The van der Waals surface area contributed by atoms with Crippen LogP contribution in [0.4, 0.5) is 0 Å². The van der Waals surface area contributed by atoms with Crippen LogP contribution in [-0.2, 0) is 24.2 Å². The number of methoxy groups -OCH3 is 3. The fourth-order valence-electron chi connectivity index (χ4n) is 5.12. The van der Waals surface area contributed by atoms with Crippen molar-refractivity contribution in [2.45, 2.75) is 75.7 Å². The molecule has 6 atom stereocenters. The molecular formula is C19H34N2O5S. The van der Waals surface area contributed by atoms with E-state index in [2.05, 4.69) is 5.10 Å². The zero-order valence-electron chi connectivity index (χ0n) is 17.0. The summed E-state index contributed by atoms with van der Waals surface area (Å²) in [6, 6.07) is -0.0749. The number of hydrogen-bond acceptors (Lipinski definition) is 6. The summed E-state index contributed by atoms with van der Waals surface area (Å²) in [6.45, 7) is 0. The first-order valence-electron chi connectivity index (χ1n) is 10.0. The van der Waals surface area contributed by atoms with Crippen LogP contribution in [0, 0.1) is 11.8 Å². The van der Waals surface area contributed by atoms with Gasteiger partial charge in [0.1, 0.15) is 0 Å². The first-order chi connectivity index (χ1) is 12.9. The van der Waals surface area contributed by atoms with Gasteiger partial charge in [-0.05, 0) is 44.4 Å². The normalized spacial score (nSPS) is 38.1. The molecule has 0 aromatic heterocycles. The van der Waals surface area contributed by atoms with E-state index in [0.29, 0.717) is 5.92 Å². The van der Waals surface area contributed by atoms with Gasteiger partial charge < -0.3 is 14.2 Å². The molecule has 27 heavy (non-hydrogen) atoms. The third-order valence-corrected chi connectivity index (χ3v) is 7.65. The van der Waals surface area contributed by atoms with Gasteiger partial charge in [0, 0.05) is 39.4 Å². The van der Waals surface area contributed by atoms with Crippen LogP contribution in [0.25, 0.3) is 0 Å². The number of hydrogen-bond donors (Lipinski definition) is 0. The van der Waals surface area contributed by atoms with Crippen LogP contribution in [0.15, 0.2) is 5.10 Å². The first-order valence-corrected chi connectivity index (χ1v) is 11.9. The molecule has 156 valence electrons. The van der Waals surface area contributed by atoms with Gasteiger partial charge >= 0.3 is 0 Å². The maximum atomic E-state index is 12.4. The fourth-order valence-corrected chi connectivity index (χ4v) is 6.11. The fraction of sp³-hybridized carbons (Fsp3) is 0.947. The molecule has 0 aromatic carbocycles. The van der Waals surface area contributed by atoms with Crippen molar-refractivity contribution < 1.29 is 22.6 Å². The second kappa shape index (κ2) is 8.76. The highest BCUT2D eigenvalue weighted by molar-refractivity contribution is 7.88. The van der Waals surface area contributed by atoms with Crippen LogP contribution < -0.4 is 0 Å². The van der Waals surface area contributed by atoms with Crippen LogP contribution >= 0.6 is 0 Å². The highest BCUT2D eigenvalue weighted by atomic mass is 32.2. The van der Waals surface area contributed by atoms with E-state index in [1.165, 1.54) is 10.7 Å². The summed E-state index contributed by atoms with van der Waals surface area (Å²) >= 11 is 0. The monoisotopic (exact) mass is 402 g/mol. The molecule has 6 unspecified atom stereocenters. The first kappa shape index (κ1) is 21.0. The lowest BCUT2D eigenvalue weighted by molar-refractivity contribution is -0.0639. The molecule has 3 rings (SSSR count). The molecule has 8 heteroatoms. The molecule has 2 saturated carbocycles. The molecule has 0 saturated heterocycles. The minimum Gasteiger partial charge on any atom is -0.381 e. The molecule has 7 nitrogen and oxygen atoms in total. The number of sulfonamides is 1. The van der Waals surface area contributed by atoms with Crippen molar-refractivity contribution in [1.29, 1.82) is 0 Å². The van der Waals surface area contributed by atoms with Crippen LogP contribution in [0.1, 0.15) is 51.4 Å². The Kier molecular flexibility index (Phi) is 6.82. The van der Waals surface area contributed by atoms with E-state index in [1.54, 1.807) is 21.3 Å². The Bertz CT molecular complexity index is 638. The van der Waals surface area contributed by atoms with Gasteiger partial charge in [-0.3, -0.25) is 0 Å². The van der Waals surface area contributed by atoms with Gasteiger partial charge in [0.05, 0.1) is 30.6 Å². The Morgan fingerprint density at radius 3 is 2.33 bits per heavy atom. The van der Waals surface area contributed by atoms with Crippen LogP contribution in [0.3, 0.4) is 0 Å². The summed E-state index contributed by atoms with van der Waals surface area (Å²) in [5.41, 5.74) is 1.02. The summed E-state index contributed by atoms with van der Waals surface area (Å²) in [4.78, 5) is 0. The van der Waals surface area contributed by atoms with Crippen molar-refractivity contribution in [3.05, 3.63) is 0 Å². The maximum absolute atomic E-state index is 12.4. The SMILES string of the molecule is COC1CCCC(C2CC(C3CCC(OC)C(OC)C3)=NN2S(C)(=O)=O)C1. The Labute approximate surface area is 163 Å². The van der Waals surface area contributed by atoms with Crippen molar-refractivity contribution in [3.63, 3.8) is 0 Å². The highest BCUT2D eigenvalue weighted by Crippen LogP contribution is 2.39. The minimum absolute atomic E-state index is 0.0368. The Morgan fingerprint density at radius 2 is 1.70 bits per heavy atom. The molecule has 1 heterocycles. The van der Waals surface area contributed by atoms with E-state index in [9.17, 15) is 8.42 Å². The lowest BCUT2D eigenvalue weighted by Gasteiger charge is -2.35. The second-order valence-corrected chi connectivity index (χ2v) is 10.1. The van der Waals surface area contributed by atoms with Gasteiger partial charge in [0.15, 0.2) is 0 Å². The van der Waals surface area contributed by atoms with Gasteiger partial charge in [-0.15, -0.1) is 0 Å². The van der Waals surface area contributed by atoms with Crippen molar-refractivity contribution in [1.82, 2.24) is 4.41 Å². The van der Waals surface area contributed by atoms with E-state index in [1.807, 2.05) is 0 Å². The molecule has 0 N–H and O–H groups in total. The van der Waals surface area contributed by atoms with Gasteiger partial charge in [0.2, 0.25) is 10.0 Å². The predicted octanol–water partition coefficient (Wildman–Crippen LogP) is 2.41. The Morgan fingerprint density at radius 1 is 0.963 bits per heavy atom. The Balaban J connectivity index is 1.76. The molecule has 0 amide bonds. The van der Waals surface area contributed by atoms with Crippen LogP contribution in [0.5, 0.6) is 0 Å². The zero-order valence-corrected chi connectivity index (χ0v) is 17.8. The summed E-state index contributed by atoms with van der Waals surface area (Å²) < 4.78 is 43.0. The van der Waals surface area contributed by atoms with E-state index in [-0.39, 0.29) is 30.3 Å². The number of ether oxygens (including phenoxy) is 3. The quantitative estimate of drug-likeness (QED) is 0.682. The average molecular weight is 403 g/mol. The average Bonchev–Trinajstić information content (AvgIpc) is 3.13. The standard InChI is InChI=1S/C19H34N2O5S/c1-24-15-7-5-6-14(10-15)17-12-16(20-21(17)27(4,22)23)13-8-9-18(25-2)19(11-13)26-3/h13-15,17-19H,5-12H2,1-4H3. The topological polar surface area (TPSA) is 77.4 Å². The van der Waals surface area contributed by atoms with Crippen molar-refractivity contribution in [2.24, 2.45) is 16.9 Å². The molecule has 0 aromatic rings. The van der Waals surface area contributed by atoms with Gasteiger partial charge in [-0.1, -0.05) is 6.42 Å². The van der Waals surface area contributed by atoms with Crippen LogP contribution in [-0.4, -0.2) is 70.5 Å².